The number of carbonyl (C=O) groups excluding carboxylic acids is 1. The summed E-state index contributed by atoms with van der Waals surface area (Å²) in [5.41, 5.74) is 0.856. The van der Waals surface area contributed by atoms with Gasteiger partial charge in [0.05, 0.1) is 13.2 Å². The van der Waals surface area contributed by atoms with Crippen LogP contribution in [0.25, 0.3) is 0 Å². The third kappa shape index (κ3) is 5.85. The van der Waals surface area contributed by atoms with E-state index in [4.69, 9.17) is 21.6 Å². The summed E-state index contributed by atoms with van der Waals surface area (Å²) in [6.07, 6.45) is 1.46. The SMILES string of the molecule is N#C/C(=C/NCCN1CCOCC1)C(=O)NCc1ccccc1Cl. The van der Waals surface area contributed by atoms with Gasteiger partial charge >= 0.3 is 0 Å². The normalized spacial score (nSPS) is 15.6. The standard InChI is InChI=1S/C17H21ClN4O2/c18-16-4-2-1-3-14(16)13-21-17(23)15(11-19)12-20-5-6-22-7-9-24-10-8-22/h1-4,12,20H,5-10,13H2,(H,21,23)/b15-12-. The van der Waals surface area contributed by atoms with E-state index in [1.54, 1.807) is 6.07 Å². The Balaban J connectivity index is 1.76. The summed E-state index contributed by atoms with van der Waals surface area (Å²) in [6.45, 7) is 5.13. The van der Waals surface area contributed by atoms with Gasteiger partial charge in [-0.2, -0.15) is 5.26 Å². The van der Waals surface area contributed by atoms with Gasteiger partial charge in [-0.1, -0.05) is 29.8 Å². The van der Waals surface area contributed by atoms with Crippen LogP contribution in [0.5, 0.6) is 0 Å². The number of benzene rings is 1. The van der Waals surface area contributed by atoms with Gasteiger partial charge in [-0.05, 0) is 11.6 Å². The molecule has 0 spiro atoms. The lowest BCUT2D eigenvalue weighted by Crippen LogP contribution is -2.39. The molecule has 2 N–H and O–H groups in total. The molecule has 1 amide bonds. The van der Waals surface area contributed by atoms with Gasteiger partial charge in [-0.25, -0.2) is 0 Å². The number of carbonyl (C=O) groups is 1. The zero-order chi connectivity index (χ0) is 17.2. The summed E-state index contributed by atoms with van der Waals surface area (Å²) in [6, 6.07) is 9.18. The predicted octanol–water partition coefficient (Wildman–Crippen LogP) is 1.29. The highest BCUT2D eigenvalue weighted by Gasteiger charge is 2.11. The second-order valence-corrected chi connectivity index (χ2v) is 5.76. The monoisotopic (exact) mass is 348 g/mol. The fourth-order valence-electron chi connectivity index (χ4n) is 2.28. The molecule has 128 valence electrons. The lowest BCUT2D eigenvalue weighted by molar-refractivity contribution is -0.117. The molecule has 7 heteroatoms. The fourth-order valence-corrected chi connectivity index (χ4v) is 2.49. The molecular formula is C17H21ClN4O2. The molecule has 0 atom stereocenters. The molecule has 1 fully saturated rings. The molecule has 1 aromatic carbocycles. The number of nitrogens with zero attached hydrogens (tertiary/aromatic N) is 2. The maximum Gasteiger partial charge on any atom is 0.263 e. The third-order valence-corrected chi connectivity index (χ3v) is 4.05. The molecular weight excluding hydrogens is 328 g/mol. The summed E-state index contributed by atoms with van der Waals surface area (Å²) < 4.78 is 5.29. The summed E-state index contributed by atoms with van der Waals surface area (Å²) in [5.74, 6) is -0.420. The van der Waals surface area contributed by atoms with E-state index in [2.05, 4.69) is 15.5 Å². The minimum absolute atomic E-state index is 0.0454. The van der Waals surface area contributed by atoms with E-state index in [1.807, 2.05) is 24.3 Å². The van der Waals surface area contributed by atoms with Crippen LogP contribution >= 0.6 is 11.6 Å². The van der Waals surface area contributed by atoms with Gasteiger partial charge in [-0.3, -0.25) is 9.69 Å². The summed E-state index contributed by atoms with van der Waals surface area (Å²) in [4.78, 5) is 14.3. The molecule has 1 saturated heterocycles. The highest BCUT2D eigenvalue weighted by atomic mass is 35.5. The Bertz CT molecular complexity index is 621. The minimum atomic E-state index is -0.420. The van der Waals surface area contributed by atoms with Crippen molar-refractivity contribution in [2.24, 2.45) is 0 Å². The maximum atomic E-state index is 12.0. The Hall–Kier alpha value is -2.07. The highest BCUT2D eigenvalue weighted by molar-refractivity contribution is 6.31. The molecule has 0 saturated carbocycles. The van der Waals surface area contributed by atoms with Crippen molar-refractivity contribution in [1.29, 1.82) is 5.26 Å². The van der Waals surface area contributed by atoms with Crippen LogP contribution in [0.15, 0.2) is 36.0 Å². The molecule has 24 heavy (non-hydrogen) atoms. The number of nitriles is 1. The summed E-state index contributed by atoms with van der Waals surface area (Å²) in [7, 11) is 0. The van der Waals surface area contributed by atoms with Gasteiger partial charge in [0.1, 0.15) is 11.6 Å². The van der Waals surface area contributed by atoms with E-state index in [-0.39, 0.29) is 12.1 Å². The zero-order valence-corrected chi connectivity index (χ0v) is 14.2. The maximum absolute atomic E-state index is 12.0. The van der Waals surface area contributed by atoms with Crippen LogP contribution in [-0.4, -0.2) is 50.2 Å². The Labute approximate surface area is 147 Å². The van der Waals surface area contributed by atoms with Crippen molar-refractivity contribution >= 4 is 17.5 Å². The highest BCUT2D eigenvalue weighted by Crippen LogP contribution is 2.14. The number of hydrogen-bond acceptors (Lipinski definition) is 5. The first-order valence-corrected chi connectivity index (χ1v) is 8.24. The van der Waals surface area contributed by atoms with E-state index >= 15 is 0 Å². The zero-order valence-electron chi connectivity index (χ0n) is 13.4. The number of rotatable bonds is 7. The van der Waals surface area contributed by atoms with Gasteiger partial charge in [0.2, 0.25) is 0 Å². The van der Waals surface area contributed by atoms with Gasteiger partial charge in [-0.15, -0.1) is 0 Å². The molecule has 2 rings (SSSR count). The Morgan fingerprint density at radius 2 is 2.12 bits per heavy atom. The van der Waals surface area contributed by atoms with E-state index < -0.39 is 5.91 Å². The average Bonchev–Trinajstić information content (AvgIpc) is 2.62. The average molecular weight is 349 g/mol. The second-order valence-electron chi connectivity index (χ2n) is 5.35. The van der Waals surface area contributed by atoms with E-state index in [0.29, 0.717) is 11.6 Å². The number of hydrogen-bond donors (Lipinski definition) is 2. The number of nitrogens with one attached hydrogen (secondary N) is 2. The molecule has 0 aromatic heterocycles. The first kappa shape index (κ1) is 18.3. The smallest absolute Gasteiger partial charge is 0.263 e. The van der Waals surface area contributed by atoms with Crippen LogP contribution in [0.1, 0.15) is 5.56 Å². The fraction of sp³-hybridized carbons (Fsp3) is 0.412. The van der Waals surface area contributed by atoms with Crippen molar-refractivity contribution in [1.82, 2.24) is 15.5 Å². The molecule has 0 aliphatic carbocycles. The second kappa shape index (κ2) is 9.93. The van der Waals surface area contributed by atoms with Gasteiger partial charge in [0.25, 0.3) is 5.91 Å². The Morgan fingerprint density at radius 1 is 1.38 bits per heavy atom. The van der Waals surface area contributed by atoms with Gasteiger partial charge in [0, 0.05) is 43.9 Å². The predicted molar refractivity (Wildman–Crippen MR) is 92.3 cm³/mol. The van der Waals surface area contributed by atoms with Crippen molar-refractivity contribution in [2.75, 3.05) is 39.4 Å². The number of morpholine rings is 1. The van der Waals surface area contributed by atoms with Crippen LogP contribution in [0.3, 0.4) is 0 Å². The summed E-state index contributed by atoms with van der Waals surface area (Å²) >= 11 is 6.04. The lowest BCUT2D eigenvalue weighted by Gasteiger charge is -2.26. The van der Waals surface area contributed by atoms with E-state index in [0.717, 1.165) is 38.4 Å². The van der Waals surface area contributed by atoms with Crippen molar-refractivity contribution in [3.63, 3.8) is 0 Å². The number of halogens is 1. The molecule has 1 aliphatic heterocycles. The number of ether oxygens (including phenoxy) is 1. The molecule has 0 radical (unpaired) electrons. The minimum Gasteiger partial charge on any atom is -0.388 e. The van der Waals surface area contributed by atoms with Gasteiger partial charge in [0.15, 0.2) is 0 Å². The number of amides is 1. The largest absolute Gasteiger partial charge is 0.388 e. The quantitative estimate of drug-likeness (QED) is 0.441. The lowest BCUT2D eigenvalue weighted by atomic mass is 10.2. The van der Waals surface area contributed by atoms with E-state index in [9.17, 15) is 4.79 Å². The Kier molecular flexibility index (Phi) is 7.56. The van der Waals surface area contributed by atoms with Crippen LogP contribution in [0.2, 0.25) is 5.02 Å². The molecule has 1 aromatic rings. The third-order valence-electron chi connectivity index (χ3n) is 3.68. The summed E-state index contributed by atoms with van der Waals surface area (Å²) in [5, 5.41) is 15.4. The first-order chi connectivity index (χ1) is 11.7. The van der Waals surface area contributed by atoms with Gasteiger partial charge < -0.3 is 15.4 Å². The molecule has 1 heterocycles. The molecule has 1 aliphatic rings. The van der Waals surface area contributed by atoms with Crippen LogP contribution in [-0.2, 0) is 16.1 Å². The Morgan fingerprint density at radius 3 is 2.83 bits per heavy atom. The molecule has 6 nitrogen and oxygen atoms in total. The van der Waals surface area contributed by atoms with Crippen molar-refractivity contribution in [2.45, 2.75) is 6.54 Å². The van der Waals surface area contributed by atoms with Crippen LogP contribution < -0.4 is 10.6 Å². The topological polar surface area (TPSA) is 77.4 Å². The first-order valence-electron chi connectivity index (χ1n) is 7.86. The molecule has 0 unspecified atom stereocenters. The van der Waals surface area contributed by atoms with Crippen LogP contribution in [0.4, 0.5) is 0 Å². The van der Waals surface area contributed by atoms with Crippen LogP contribution in [0, 0.1) is 11.3 Å². The van der Waals surface area contributed by atoms with Crippen molar-refractivity contribution in [3.05, 3.63) is 46.6 Å². The van der Waals surface area contributed by atoms with E-state index in [1.165, 1.54) is 6.20 Å². The molecule has 0 bridgehead atoms. The van der Waals surface area contributed by atoms with Crippen molar-refractivity contribution < 1.29 is 9.53 Å². The van der Waals surface area contributed by atoms with Crippen molar-refractivity contribution in [3.8, 4) is 6.07 Å².